The van der Waals surface area contributed by atoms with Crippen molar-refractivity contribution in [3.8, 4) is 5.75 Å². The number of rotatable bonds is 10. The smallest absolute Gasteiger partial charge is 0.258 e. The Balaban J connectivity index is 1.87. The third kappa shape index (κ3) is 7.03. The van der Waals surface area contributed by atoms with Gasteiger partial charge >= 0.3 is 0 Å². The molecule has 0 unspecified atom stereocenters. The molecule has 0 spiro atoms. The zero-order valence-corrected chi connectivity index (χ0v) is 16.5. The fourth-order valence-corrected chi connectivity index (χ4v) is 3.56. The second kappa shape index (κ2) is 10.1. The van der Waals surface area contributed by atoms with Crippen LogP contribution in [0.25, 0.3) is 0 Å². The van der Waals surface area contributed by atoms with E-state index < -0.39 is 10.0 Å². The number of nitrogens with one attached hydrogen (secondary N) is 2. The Morgan fingerprint density at radius 1 is 1.07 bits per heavy atom. The van der Waals surface area contributed by atoms with E-state index in [1.54, 1.807) is 12.1 Å². The average Bonchev–Trinajstić information content (AvgIpc) is 2.66. The molecule has 146 valence electrons. The van der Waals surface area contributed by atoms with E-state index in [-0.39, 0.29) is 30.0 Å². The molecule has 0 saturated heterocycles. The van der Waals surface area contributed by atoms with Crippen LogP contribution in [0.1, 0.15) is 32.3 Å². The molecule has 0 aliphatic heterocycles. The summed E-state index contributed by atoms with van der Waals surface area (Å²) in [6.07, 6.45) is 1.91. The fourth-order valence-electron chi connectivity index (χ4n) is 2.54. The summed E-state index contributed by atoms with van der Waals surface area (Å²) >= 11 is 0. The van der Waals surface area contributed by atoms with Gasteiger partial charge in [0, 0.05) is 12.6 Å². The minimum Gasteiger partial charge on any atom is -0.484 e. The zero-order chi connectivity index (χ0) is 19.7. The van der Waals surface area contributed by atoms with E-state index in [9.17, 15) is 13.2 Å². The highest BCUT2D eigenvalue weighted by Crippen LogP contribution is 2.16. The second-order valence-electron chi connectivity index (χ2n) is 6.33. The molecule has 0 aliphatic rings. The molecule has 2 rings (SSSR count). The highest BCUT2D eigenvalue weighted by Gasteiger charge is 2.14. The number of hydrogen-bond donors (Lipinski definition) is 2. The van der Waals surface area contributed by atoms with Gasteiger partial charge in [-0.15, -0.1) is 0 Å². The first-order valence-electron chi connectivity index (χ1n) is 8.96. The minimum absolute atomic E-state index is 0.105. The minimum atomic E-state index is -3.61. The molecule has 1 amide bonds. The molecule has 2 N–H and O–H groups in total. The highest BCUT2D eigenvalue weighted by molar-refractivity contribution is 7.89. The number of benzene rings is 2. The molecule has 0 saturated carbocycles. The van der Waals surface area contributed by atoms with Gasteiger partial charge < -0.3 is 10.1 Å². The van der Waals surface area contributed by atoms with Gasteiger partial charge in [0.2, 0.25) is 10.0 Å². The Hall–Kier alpha value is -2.38. The molecule has 7 heteroatoms. The SMILES string of the molecule is CCC[C@@H](C)NC(=O)COc1ccc(S(=O)(=O)NCc2ccccc2)cc1. The van der Waals surface area contributed by atoms with Gasteiger partial charge in [0.25, 0.3) is 5.91 Å². The van der Waals surface area contributed by atoms with E-state index in [1.807, 2.05) is 37.3 Å². The van der Waals surface area contributed by atoms with E-state index in [0.29, 0.717) is 5.75 Å². The molecular weight excluding hydrogens is 364 g/mol. The molecule has 0 heterocycles. The van der Waals surface area contributed by atoms with E-state index in [2.05, 4.69) is 17.0 Å². The van der Waals surface area contributed by atoms with Crippen LogP contribution in [0.2, 0.25) is 0 Å². The van der Waals surface area contributed by atoms with Crippen molar-refractivity contribution in [3.63, 3.8) is 0 Å². The van der Waals surface area contributed by atoms with Crippen molar-refractivity contribution >= 4 is 15.9 Å². The molecule has 0 aliphatic carbocycles. The summed E-state index contributed by atoms with van der Waals surface area (Å²) in [6.45, 7) is 4.12. The van der Waals surface area contributed by atoms with Crippen molar-refractivity contribution in [1.29, 1.82) is 0 Å². The lowest BCUT2D eigenvalue weighted by Gasteiger charge is -2.13. The van der Waals surface area contributed by atoms with Crippen LogP contribution in [0.4, 0.5) is 0 Å². The van der Waals surface area contributed by atoms with Crippen molar-refractivity contribution in [3.05, 3.63) is 60.2 Å². The average molecular weight is 391 g/mol. The van der Waals surface area contributed by atoms with Crippen LogP contribution in [0, 0.1) is 0 Å². The number of amides is 1. The molecule has 2 aromatic rings. The van der Waals surface area contributed by atoms with Gasteiger partial charge in [-0.2, -0.15) is 0 Å². The zero-order valence-electron chi connectivity index (χ0n) is 15.6. The van der Waals surface area contributed by atoms with Crippen molar-refractivity contribution in [1.82, 2.24) is 10.0 Å². The third-order valence-corrected chi connectivity index (χ3v) is 5.36. The molecule has 0 fully saturated rings. The van der Waals surface area contributed by atoms with Gasteiger partial charge in [0.1, 0.15) is 5.75 Å². The van der Waals surface area contributed by atoms with Gasteiger partial charge in [-0.1, -0.05) is 43.7 Å². The van der Waals surface area contributed by atoms with E-state index in [4.69, 9.17) is 4.74 Å². The van der Waals surface area contributed by atoms with Crippen LogP contribution in [0.3, 0.4) is 0 Å². The molecule has 0 bridgehead atoms. The first-order valence-corrected chi connectivity index (χ1v) is 10.4. The van der Waals surface area contributed by atoms with E-state index in [1.165, 1.54) is 12.1 Å². The first-order chi connectivity index (χ1) is 12.9. The van der Waals surface area contributed by atoms with E-state index in [0.717, 1.165) is 18.4 Å². The maximum Gasteiger partial charge on any atom is 0.258 e. The van der Waals surface area contributed by atoms with Crippen molar-refractivity contribution < 1.29 is 17.9 Å². The predicted molar refractivity (Wildman–Crippen MR) is 105 cm³/mol. The van der Waals surface area contributed by atoms with Crippen LogP contribution >= 0.6 is 0 Å². The molecule has 1 atom stereocenters. The fraction of sp³-hybridized carbons (Fsp3) is 0.350. The van der Waals surface area contributed by atoms with Gasteiger partial charge in [0.15, 0.2) is 6.61 Å². The Morgan fingerprint density at radius 2 is 1.74 bits per heavy atom. The summed E-state index contributed by atoms with van der Waals surface area (Å²) in [5.74, 6) is 0.243. The normalized spacial score (nSPS) is 12.4. The van der Waals surface area contributed by atoms with Crippen molar-refractivity contribution in [2.45, 2.75) is 44.2 Å². The quantitative estimate of drug-likeness (QED) is 0.653. The van der Waals surface area contributed by atoms with Crippen molar-refractivity contribution in [2.75, 3.05) is 6.61 Å². The highest BCUT2D eigenvalue weighted by atomic mass is 32.2. The Morgan fingerprint density at radius 3 is 2.37 bits per heavy atom. The van der Waals surface area contributed by atoms with Crippen LogP contribution in [-0.2, 0) is 21.4 Å². The Bertz CT molecular complexity index is 821. The number of carbonyl (C=O) groups excluding carboxylic acids is 1. The third-order valence-electron chi connectivity index (χ3n) is 3.94. The van der Waals surface area contributed by atoms with Crippen LogP contribution in [0.15, 0.2) is 59.5 Å². The lowest BCUT2D eigenvalue weighted by atomic mass is 10.2. The molecular formula is C20H26N2O4S. The monoisotopic (exact) mass is 390 g/mol. The number of sulfonamides is 1. The Labute approximate surface area is 161 Å². The molecule has 0 radical (unpaired) electrons. The van der Waals surface area contributed by atoms with Crippen LogP contribution < -0.4 is 14.8 Å². The lowest BCUT2D eigenvalue weighted by molar-refractivity contribution is -0.123. The maximum absolute atomic E-state index is 12.3. The molecule has 27 heavy (non-hydrogen) atoms. The summed E-state index contributed by atoms with van der Waals surface area (Å²) in [6, 6.07) is 15.4. The van der Waals surface area contributed by atoms with Gasteiger partial charge in [0.05, 0.1) is 4.90 Å². The summed E-state index contributed by atoms with van der Waals surface area (Å²) in [7, 11) is -3.61. The standard InChI is InChI=1S/C20H26N2O4S/c1-3-7-16(2)22-20(23)15-26-18-10-12-19(13-11-18)27(24,25)21-14-17-8-5-4-6-9-17/h4-6,8-13,16,21H,3,7,14-15H2,1-2H3,(H,22,23)/t16-/m1/s1. The summed E-state index contributed by atoms with van der Waals surface area (Å²) in [4.78, 5) is 12.0. The largest absolute Gasteiger partial charge is 0.484 e. The summed E-state index contributed by atoms with van der Waals surface area (Å²) < 4.78 is 32.7. The number of carbonyl (C=O) groups is 1. The summed E-state index contributed by atoms with van der Waals surface area (Å²) in [5, 5.41) is 2.85. The molecule has 2 aromatic carbocycles. The molecule has 6 nitrogen and oxygen atoms in total. The topological polar surface area (TPSA) is 84.5 Å². The maximum atomic E-state index is 12.3. The second-order valence-corrected chi connectivity index (χ2v) is 8.09. The number of hydrogen-bond acceptors (Lipinski definition) is 4. The van der Waals surface area contributed by atoms with Gasteiger partial charge in [-0.05, 0) is 43.2 Å². The Kier molecular flexibility index (Phi) is 7.82. The van der Waals surface area contributed by atoms with Gasteiger partial charge in [-0.3, -0.25) is 4.79 Å². The lowest BCUT2D eigenvalue weighted by Crippen LogP contribution is -2.35. The molecule has 0 aromatic heterocycles. The van der Waals surface area contributed by atoms with Crippen LogP contribution in [-0.4, -0.2) is 27.0 Å². The van der Waals surface area contributed by atoms with Crippen molar-refractivity contribution in [2.24, 2.45) is 0 Å². The van der Waals surface area contributed by atoms with Gasteiger partial charge in [-0.25, -0.2) is 13.1 Å². The summed E-state index contributed by atoms with van der Waals surface area (Å²) in [5.41, 5.74) is 0.879. The predicted octanol–water partition coefficient (Wildman–Crippen LogP) is 2.85. The van der Waals surface area contributed by atoms with Crippen LogP contribution in [0.5, 0.6) is 5.75 Å². The first kappa shape index (κ1) is 20.9. The van der Waals surface area contributed by atoms with E-state index >= 15 is 0 Å². The number of ether oxygens (including phenoxy) is 1.